The highest BCUT2D eigenvalue weighted by molar-refractivity contribution is 5.05. The Morgan fingerprint density at radius 1 is 1.25 bits per heavy atom. The van der Waals surface area contributed by atoms with Crippen LogP contribution in [0.5, 0.6) is 0 Å². The SMILES string of the molecule is CCCNC(C)(C#N)CC(C)N(CCC)CC(F)(F)F. The molecule has 0 aliphatic heterocycles. The van der Waals surface area contributed by atoms with Crippen LogP contribution < -0.4 is 5.32 Å². The number of nitrogens with one attached hydrogen (secondary N) is 1. The van der Waals surface area contributed by atoms with Crippen LogP contribution in [-0.2, 0) is 0 Å². The highest BCUT2D eigenvalue weighted by atomic mass is 19.4. The lowest BCUT2D eigenvalue weighted by Gasteiger charge is -2.34. The third-order valence-corrected chi connectivity index (χ3v) is 3.23. The molecule has 0 aromatic heterocycles. The summed E-state index contributed by atoms with van der Waals surface area (Å²) in [5.41, 5.74) is -0.785. The number of nitrogens with zero attached hydrogens (tertiary/aromatic N) is 2. The van der Waals surface area contributed by atoms with Gasteiger partial charge in [0.2, 0.25) is 0 Å². The number of rotatable bonds is 9. The van der Waals surface area contributed by atoms with Crippen molar-refractivity contribution < 1.29 is 13.2 Å². The van der Waals surface area contributed by atoms with Crippen LogP contribution in [0.15, 0.2) is 0 Å². The summed E-state index contributed by atoms with van der Waals surface area (Å²) in [5, 5.41) is 12.4. The fraction of sp³-hybridized carbons (Fsp3) is 0.929. The Morgan fingerprint density at radius 2 is 1.85 bits per heavy atom. The third kappa shape index (κ3) is 7.71. The molecule has 2 unspecified atom stereocenters. The molecule has 0 aliphatic carbocycles. The van der Waals surface area contributed by atoms with Crippen LogP contribution in [0.3, 0.4) is 0 Å². The van der Waals surface area contributed by atoms with E-state index in [0.717, 1.165) is 6.42 Å². The lowest BCUT2D eigenvalue weighted by Crippen LogP contribution is -2.49. The van der Waals surface area contributed by atoms with Gasteiger partial charge < -0.3 is 0 Å². The molecule has 0 bridgehead atoms. The molecular formula is C14H26F3N3. The number of alkyl halides is 3. The highest BCUT2D eigenvalue weighted by Gasteiger charge is 2.35. The van der Waals surface area contributed by atoms with Gasteiger partial charge >= 0.3 is 6.18 Å². The third-order valence-electron chi connectivity index (χ3n) is 3.23. The minimum atomic E-state index is -4.21. The summed E-state index contributed by atoms with van der Waals surface area (Å²) in [5.74, 6) is 0. The first-order chi connectivity index (χ1) is 9.17. The van der Waals surface area contributed by atoms with E-state index in [1.165, 1.54) is 4.90 Å². The second-order valence-electron chi connectivity index (χ2n) is 5.51. The molecule has 0 aromatic rings. The molecule has 1 N–H and O–H groups in total. The maximum atomic E-state index is 12.6. The Hall–Kier alpha value is -0.800. The molecule has 3 nitrogen and oxygen atoms in total. The summed E-state index contributed by atoms with van der Waals surface area (Å²) in [6.45, 7) is 7.49. The highest BCUT2D eigenvalue weighted by Crippen LogP contribution is 2.22. The predicted molar refractivity (Wildman–Crippen MR) is 74.3 cm³/mol. The lowest BCUT2D eigenvalue weighted by molar-refractivity contribution is -0.151. The van der Waals surface area contributed by atoms with Gasteiger partial charge in [-0.1, -0.05) is 13.8 Å². The van der Waals surface area contributed by atoms with Crippen LogP contribution >= 0.6 is 0 Å². The van der Waals surface area contributed by atoms with Crippen molar-refractivity contribution in [2.45, 2.75) is 64.7 Å². The summed E-state index contributed by atoms with van der Waals surface area (Å²) in [6.07, 6.45) is -2.29. The second-order valence-corrected chi connectivity index (χ2v) is 5.51. The summed E-state index contributed by atoms with van der Waals surface area (Å²) < 4.78 is 37.8. The normalized spacial score (nSPS) is 16.8. The number of nitriles is 1. The van der Waals surface area contributed by atoms with Crippen LogP contribution in [0.2, 0.25) is 0 Å². The topological polar surface area (TPSA) is 39.1 Å². The van der Waals surface area contributed by atoms with Gasteiger partial charge in [-0.2, -0.15) is 18.4 Å². The molecule has 0 spiro atoms. The standard InChI is InChI=1S/C14H26F3N3/c1-5-7-19-13(4,10-18)9-12(3)20(8-6-2)11-14(15,16)17/h12,19H,5-9,11H2,1-4H3. The minimum absolute atomic E-state index is 0.300. The molecule has 20 heavy (non-hydrogen) atoms. The van der Waals surface area contributed by atoms with Gasteiger partial charge in [-0.15, -0.1) is 0 Å². The van der Waals surface area contributed by atoms with Crippen molar-refractivity contribution in [1.82, 2.24) is 10.2 Å². The summed E-state index contributed by atoms with van der Waals surface area (Å²) in [4.78, 5) is 1.41. The quantitative estimate of drug-likeness (QED) is 0.709. The average Bonchev–Trinajstić information content (AvgIpc) is 2.34. The first-order valence-corrected chi connectivity index (χ1v) is 7.14. The van der Waals surface area contributed by atoms with Gasteiger partial charge in [-0.3, -0.25) is 10.2 Å². The van der Waals surface area contributed by atoms with E-state index in [-0.39, 0.29) is 6.04 Å². The molecule has 0 saturated heterocycles. The molecular weight excluding hydrogens is 267 g/mol. The number of hydrogen-bond donors (Lipinski definition) is 1. The minimum Gasteiger partial charge on any atom is -0.300 e. The van der Waals surface area contributed by atoms with Crippen molar-refractivity contribution in [3.63, 3.8) is 0 Å². The van der Waals surface area contributed by atoms with Crippen molar-refractivity contribution in [2.75, 3.05) is 19.6 Å². The molecule has 118 valence electrons. The first kappa shape index (κ1) is 19.2. The van der Waals surface area contributed by atoms with Gasteiger partial charge in [0.05, 0.1) is 12.6 Å². The van der Waals surface area contributed by atoms with Crippen LogP contribution in [0.1, 0.15) is 47.0 Å². The van der Waals surface area contributed by atoms with Crippen molar-refractivity contribution in [3.05, 3.63) is 0 Å². The Balaban J connectivity index is 4.72. The Kier molecular flexibility index (Phi) is 8.14. The van der Waals surface area contributed by atoms with Crippen LogP contribution in [0.4, 0.5) is 13.2 Å². The zero-order valence-corrected chi connectivity index (χ0v) is 12.8. The fourth-order valence-electron chi connectivity index (χ4n) is 2.25. The monoisotopic (exact) mass is 293 g/mol. The smallest absolute Gasteiger partial charge is 0.300 e. The molecule has 0 amide bonds. The fourth-order valence-corrected chi connectivity index (χ4v) is 2.25. The van der Waals surface area contributed by atoms with E-state index in [4.69, 9.17) is 0 Å². The van der Waals surface area contributed by atoms with Crippen LogP contribution in [0, 0.1) is 11.3 Å². The summed E-state index contributed by atoms with van der Waals surface area (Å²) in [7, 11) is 0. The summed E-state index contributed by atoms with van der Waals surface area (Å²) in [6, 6.07) is 1.88. The van der Waals surface area contributed by atoms with Crippen molar-refractivity contribution in [2.24, 2.45) is 0 Å². The number of halogens is 3. The predicted octanol–water partition coefficient (Wildman–Crippen LogP) is 3.32. The van der Waals surface area contributed by atoms with E-state index in [1.54, 1.807) is 13.8 Å². The van der Waals surface area contributed by atoms with Gasteiger partial charge in [0, 0.05) is 6.04 Å². The van der Waals surface area contributed by atoms with Gasteiger partial charge in [0.25, 0.3) is 0 Å². The molecule has 0 saturated carbocycles. The largest absolute Gasteiger partial charge is 0.401 e. The van der Waals surface area contributed by atoms with Gasteiger partial charge in [-0.05, 0) is 46.2 Å². The van der Waals surface area contributed by atoms with Crippen molar-refractivity contribution in [1.29, 1.82) is 5.26 Å². The Bertz CT molecular complexity index is 312. The lowest BCUT2D eigenvalue weighted by atomic mass is 9.94. The van der Waals surface area contributed by atoms with Gasteiger partial charge in [0.15, 0.2) is 0 Å². The Labute approximate surface area is 120 Å². The maximum absolute atomic E-state index is 12.6. The second kappa shape index (κ2) is 8.48. The zero-order valence-electron chi connectivity index (χ0n) is 12.8. The molecule has 2 atom stereocenters. The van der Waals surface area contributed by atoms with E-state index in [9.17, 15) is 18.4 Å². The van der Waals surface area contributed by atoms with Gasteiger partial charge in [0.1, 0.15) is 5.54 Å². The van der Waals surface area contributed by atoms with Crippen molar-refractivity contribution >= 4 is 0 Å². The van der Waals surface area contributed by atoms with Crippen LogP contribution in [-0.4, -0.2) is 42.3 Å². The van der Waals surface area contributed by atoms with E-state index in [2.05, 4.69) is 11.4 Å². The molecule has 0 heterocycles. The molecule has 0 radical (unpaired) electrons. The van der Waals surface area contributed by atoms with E-state index in [1.807, 2.05) is 13.8 Å². The van der Waals surface area contributed by atoms with E-state index < -0.39 is 18.3 Å². The molecule has 0 aliphatic rings. The van der Waals surface area contributed by atoms with Crippen molar-refractivity contribution in [3.8, 4) is 6.07 Å². The van der Waals surface area contributed by atoms with E-state index in [0.29, 0.717) is 25.9 Å². The van der Waals surface area contributed by atoms with Crippen LogP contribution in [0.25, 0.3) is 0 Å². The Morgan fingerprint density at radius 3 is 2.25 bits per heavy atom. The molecule has 0 aromatic carbocycles. The van der Waals surface area contributed by atoms with Gasteiger partial charge in [-0.25, -0.2) is 0 Å². The molecule has 0 fully saturated rings. The average molecular weight is 293 g/mol. The number of hydrogen-bond acceptors (Lipinski definition) is 3. The zero-order chi connectivity index (χ0) is 15.8. The molecule has 0 rings (SSSR count). The maximum Gasteiger partial charge on any atom is 0.401 e. The summed E-state index contributed by atoms with van der Waals surface area (Å²) >= 11 is 0. The first-order valence-electron chi connectivity index (χ1n) is 7.14. The molecule has 6 heteroatoms. The van der Waals surface area contributed by atoms with E-state index >= 15 is 0 Å².